The lowest BCUT2D eigenvalue weighted by molar-refractivity contribution is 0.195. The lowest BCUT2D eigenvalue weighted by Crippen LogP contribution is -2.30. The summed E-state index contributed by atoms with van der Waals surface area (Å²) in [6.45, 7) is 7.11. The first-order valence-electron chi connectivity index (χ1n) is 9.15. The highest BCUT2D eigenvalue weighted by atomic mass is 32.2. The van der Waals surface area contributed by atoms with Gasteiger partial charge < -0.3 is 9.84 Å². The fraction of sp³-hybridized carbons (Fsp3) is 0.238. The molecule has 9 heteroatoms. The molecule has 0 bridgehead atoms. The second-order valence-electron chi connectivity index (χ2n) is 6.42. The van der Waals surface area contributed by atoms with Gasteiger partial charge in [0, 0.05) is 7.05 Å². The highest BCUT2D eigenvalue weighted by molar-refractivity contribution is 7.90. The van der Waals surface area contributed by atoms with Crippen LogP contribution in [0.2, 0.25) is 0 Å². The predicted octanol–water partition coefficient (Wildman–Crippen LogP) is 2.66. The van der Waals surface area contributed by atoms with Crippen LogP contribution in [0.3, 0.4) is 0 Å². The van der Waals surface area contributed by atoms with Crippen LogP contribution in [-0.2, 0) is 14.9 Å². The summed E-state index contributed by atoms with van der Waals surface area (Å²) < 4.78 is 35.8. The molecule has 30 heavy (non-hydrogen) atoms. The molecule has 0 aliphatic heterocycles. The van der Waals surface area contributed by atoms with Crippen molar-refractivity contribution in [2.75, 3.05) is 25.0 Å². The molecule has 0 fully saturated rings. The first-order chi connectivity index (χ1) is 14.3. The van der Waals surface area contributed by atoms with E-state index in [2.05, 4.69) is 26.1 Å². The number of nitrogens with zero attached hydrogens (tertiary/aromatic N) is 2. The molecule has 0 amide bonds. The molecule has 8 nitrogen and oxygen atoms in total. The minimum atomic E-state index is -4.03. The molecule has 0 atom stereocenters. The van der Waals surface area contributed by atoms with Crippen molar-refractivity contribution in [2.45, 2.75) is 13.8 Å². The highest BCUT2D eigenvalue weighted by Gasteiger charge is 2.21. The monoisotopic (exact) mass is 430 g/mol. The van der Waals surface area contributed by atoms with E-state index >= 15 is 0 Å². The Bertz CT molecular complexity index is 1030. The molecule has 0 saturated carbocycles. The summed E-state index contributed by atoms with van der Waals surface area (Å²) in [5.41, 5.74) is 3.36. The van der Waals surface area contributed by atoms with Crippen molar-refractivity contribution in [1.82, 2.24) is 4.72 Å². The third-order valence-corrected chi connectivity index (χ3v) is 4.98. The quantitative estimate of drug-likeness (QED) is 0.419. The minimum Gasteiger partial charge on any atom is -0.475 e. The Morgan fingerprint density at radius 3 is 2.13 bits per heavy atom. The zero-order valence-electron chi connectivity index (χ0n) is 17.2. The SMILES string of the molecule is C=N/C(NS(=O)(=O)Nc1ccc(C)cc1)=C(\C(=NC)OCCO)c1ccc(C)cc1. The number of ether oxygens (including phenoxy) is 1. The maximum absolute atomic E-state index is 12.7. The number of nitrogens with one attached hydrogen (secondary N) is 2. The fourth-order valence-electron chi connectivity index (χ4n) is 2.56. The maximum Gasteiger partial charge on any atom is 0.322 e. The summed E-state index contributed by atoms with van der Waals surface area (Å²) in [7, 11) is -2.53. The van der Waals surface area contributed by atoms with E-state index in [1.165, 1.54) is 7.05 Å². The summed E-state index contributed by atoms with van der Waals surface area (Å²) in [4.78, 5) is 7.98. The van der Waals surface area contributed by atoms with Crippen molar-refractivity contribution in [1.29, 1.82) is 0 Å². The van der Waals surface area contributed by atoms with E-state index in [0.29, 0.717) is 16.8 Å². The number of rotatable bonds is 9. The van der Waals surface area contributed by atoms with Gasteiger partial charge in [0.05, 0.1) is 17.9 Å². The van der Waals surface area contributed by atoms with Gasteiger partial charge in [-0.25, -0.2) is 9.71 Å². The van der Waals surface area contributed by atoms with Crippen molar-refractivity contribution >= 4 is 34.1 Å². The van der Waals surface area contributed by atoms with Gasteiger partial charge in [-0.1, -0.05) is 47.5 Å². The number of hydrogen-bond acceptors (Lipinski definition) is 6. The topological polar surface area (TPSA) is 112 Å². The smallest absolute Gasteiger partial charge is 0.322 e. The Balaban J connectivity index is 2.48. The first-order valence-corrected chi connectivity index (χ1v) is 10.6. The standard InChI is InChI=1S/C21H26N4O4S/c1-15-5-9-17(10-6-15)19(21(23-4)29-14-13-26)20(22-3)25-30(27,28)24-18-11-7-16(2)8-12-18/h5-12,24-26H,3,13-14H2,1-2,4H3/b20-19+,23-21?. The molecule has 0 spiro atoms. The van der Waals surface area contributed by atoms with Gasteiger partial charge in [0.25, 0.3) is 0 Å². The summed E-state index contributed by atoms with van der Waals surface area (Å²) in [5, 5.41) is 9.11. The van der Waals surface area contributed by atoms with Crippen LogP contribution in [0.25, 0.3) is 5.57 Å². The Labute approximate surface area is 177 Å². The van der Waals surface area contributed by atoms with E-state index in [1.54, 1.807) is 36.4 Å². The molecule has 0 saturated heterocycles. The maximum atomic E-state index is 12.7. The average molecular weight is 431 g/mol. The van der Waals surface area contributed by atoms with Crippen molar-refractivity contribution in [3.8, 4) is 0 Å². The molecular formula is C21H26N4O4S. The lowest BCUT2D eigenvalue weighted by atomic mass is 10.0. The second-order valence-corrected chi connectivity index (χ2v) is 7.84. The summed E-state index contributed by atoms with van der Waals surface area (Å²) in [6.07, 6.45) is 0. The van der Waals surface area contributed by atoms with E-state index in [1.807, 2.05) is 26.0 Å². The van der Waals surface area contributed by atoms with E-state index in [9.17, 15) is 8.42 Å². The molecule has 0 aliphatic carbocycles. The largest absolute Gasteiger partial charge is 0.475 e. The number of aryl methyl sites for hydroxylation is 2. The fourth-order valence-corrected chi connectivity index (χ4v) is 3.48. The zero-order chi connectivity index (χ0) is 22.1. The third-order valence-electron chi connectivity index (χ3n) is 4.02. The number of anilines is 1. The van der Waals surface area contributed by atoms with Crippen LogP contribution in [0.5, 0.6) is 0 Å². The molecule has 0 radical (unpaired) electrons. The van der Waals surface area contributed by atoms with E-state index in [0.717, 1.165) is 11.1 Å². The molecule has 2 rings (SSSR count). The van der Waals surface area contributed by atoms with Gasteiger partial charge in [0.2, 0.25) is 5.90 Å². The molecular weight excluding hydrogens is 404 g/mol. The van der Waals surface area contributed by atoms with Gasteiger partial charge in [-0.2, -0.15) is 8.42 Å². The number of aliphatic imine (C=N–C) groups is 2. The van der Waals surface area contributed by atoms with Crippen molar-refractivity contribution in [3.63, 3.8) is 0 Å². The summed E-state index contributed by atoms with van der Waals surface area (Å²) >= 11 is 0. The van der Waals surface area contributed by atoms with Crippen molar-refractivity contribution < 1.29 is 18.3 Å². The summed E-state index contributed by atoms with van der Waals surface area (Å²) in [6, 6.07) is 14.2. The van der Waals surface area contributed by atoms with Crippen LogP contribution in [0.1, 0.15) is 16.7 Å². The molecule has 2 aromatic rings. The van der Waals surface area contributed by atoms with Gasteiger partial charge >= 0.3 is 10.2 Å². The van der Waals surface area contributed by atoms with Crippen molar-refractivity contribution in [2.24, 2.45) is 9.98 Å². The predicted molar refractivity (Wildman–Crippen MR) is 121 cm³/mol. The number of benzene rings is 2. The molecule has 0 aromatic heterocycles. The number of aliphatic hydroxyl groups excluding tert-OH is 1. The normalized spacial score (nSPS) is 12.7. The molecule has 0 aliphatic rings. The third kappa shape index (κ3) is 6.43. The van der Waals surface area contributed by atoms with Gasteiger partial charge in [0.15, 0.2) is 5.82 Å². The van der Waals surface area contributed by atoms with E-state index in [4.69, 9.17) is 9.84 Å². The Morgan fingerprint density at radius 2 is 1.63 bits per heavy atom. The van der Waals surface area contributed by atoms with Crippen LogP contribution in [0.15, 0.2) is 64.3 Å². The Morgan fingerprint density at radius 1 is 1.07 bits per heavy atom. The van der Waals surface area contributed by atoms with E-state index in [-0.39, 0.29) is 24.9 Å². The van der Waals surface area contributed by atoms with Crippen LogP contribution < -0.4 is 9.44 Å². The Hall–Kier alpha value is -3.17. The van der Waals surface area contributed by atoms with Crippen LogP contribution in [0, 0.1) is 13.8 Å². The Kier molecular flexibility index (Phi) is 8.14. The zero-order valence-corrected chi connectivity index (χ0v) is 18.0. The summed E-state index contributed by atoms with van der Waals surface area (Å²) in [5.74, 6) is 0.0605. The molecule has 0 unspecified atom stereocenters. The molecule has 0 heterocycles. The minimum absolute atomic E-state index is 0.0131. The number of aliphatic hydroxyl groups is 1. The molecule has 3 N–H and O–H groups in total. The van der Waals surface area contributed by atoms with Crippen LogP contribution in [-0.4, -0.2) is 46.4 Å². The first kappa shape index (κ1) is 23.1. The second kappa shape index (κ2) is 10.6. The van der Waals surface area contributed by atoms with Crippen molar-refractivity contribution in [3.05, 3.63) is 71.0 Å². The number of hydrogen-bond donors (Lipinski definition) is 3. The van der Waals surface area contributed by atoms with Gasteiger partial charge in [-0.05, 0) is 38.3 Å². The highest BCUT2D eigenvalue weighted by Crippen LogP contribution is 2.23. The van der Waals surface area contributed by atoms with Gasteiger partial charge in [-0.15, -0.1) is 0 Å². The molecule has 2 aromatic carbocycles. The van der Waals surface area contributed by atoms with Crippen LogP contribution in [0.4, 0.5) is 5.69 Å². The lowest BCUT2D eigenvalue weighted by Gasteiger charge is -2.17. The van der Waals surface area contributed by atoms with Crippen LogP contribution >= 0.6 is 0 Å². The van der Waals surface area contributed by atoms with E-state index < -0.39 is 10.2 Å². The molecule has 160 valence electrons. The van der Waals surface area contributed by atoms with Gasteiger partial charge in [-0.3, -0.25) is 9.71 Å². The average Bonchev–Trinajstić information content (AvgIpc) is 2.72. The van der Waals surface area contributed by atoms with Gasteiger partial charge in [0.1, 0.15) is 6.61 Å².